The van der Waals surface area contributed by atoms with Crippen molar-refractivity contribution >= 4 is 47.6 Å². The lowest BCUT2D eigenvalue weighted by Crippen LogP contribution is -2.14. The van der Waals surface area contributed by atoms with Crippen LogP contribution >= 0.6 is 31.9 Å². The highest BCUT2D eigenvalue weighted by atomic mass is 79.9. The van der Waals surface area contributed by atoms with Crippen LogP contribution in [0, 0.1) is 11.3 Å². The Bertz CT molecular complexity index is 798. The molecule has 1 N–H and O–H groups in total. The van der Waals surface area contributed by atoms with Gasteiger partial charge < -0.3 is 0 Å². The summed E-state index contributed by atoms with van der Waals surface area (Å²) in [4.78, 5) is 0.105. The van der Waals surface area contributed by atoms with Crippen molar-refractivity contribution in [2.24, 2.45) is 0 Å². The quantitative estimate of drug-likeness (QED) is 0.826. The largest absolute Gasteiger partial charge is 0.278 e. The molecule has 0 radical (unpaired) electrons. The second-order valence-corrected chi connectivity index (χ2v) is 7.26. The fourth-order valence-electron chi connectivity index (χ4n) is 1.56. The molecule has 0 heterocycles. The first-order valence-electron chi connectivity index (χ1n) is 5.41. The van der Waals surface area contributed by atoms with E-state index < -0.39 is 10.0 Å². The van der Waals surface area contributed by atoms with E-state index in [1.54, 1.807) is 36.4 Å². The molecule has 0 aromatic heterocycles. The van der Waals surface area contributed by atoms with E-state index in [9.17, 15) is 8.42 Å². The zero-order chi connectivity index (χ0) is 14.8. The molecule has 0 fully saturated rings. The molecule has 0 aliphatic rings. The van der Waals surface area contributed by atoms with Crippen LogP contribution < -0.4 is 4.72 Å². The predicted molar refractivity (Wildman–Crippen MR) is 83.8 cm³/mol. The molecule has 2 aromatic carbocycles. The van der Waals surface area contributed by atoms with Gasteiger partial charge in [-0.05, 0) is 46.3 Å². The molecule has 20 heavy (non-hydrogen) atoms. The van der Waals surface area contributed by atoms with Crippen molar-refractivity contribution in [1.82, 2.24) is 0 Å². The maximum Gasteiger partial charge on any atom is 0.263 e. The predicted octanol–water partition coefficient (Wildman–Crippen LogP) is 3.88. The summed E-state index contributed by atoms with van der Waals surface area (Å²) in [6.07, 6.45) is 0. The number of para-hydroxylation sites is 1. The summed E-state index contributed by atoms with van der Waals surface area (Å²) in [5, 5.41) is 8.98. The van der Waals surface area contributed by atoms with Crippen molar-refractivity contribution in [1.29, 1.82) is 5.26 Å². The number of nitriles is 1. The Morgan fingerprint density at radius 1 is 1.10 bits per heavy atom. The zero-order valence-corrected chi connectivity index (χ0v) is 14.0. The van der Waals surface area contributed by atoms with Crippen molar-refractivity contribution in [3.8, 4) is 6.07 Å². The van der Waals surface area contributed by atoms with Crippen LogP contribution in [0.2, 0.25) is 0 Å². The smallest absolute Gasteiger partial charge is 0.263 e. The maximum atomic E-state index is 12.3. The molecule has 0 bridgehead atoms. The minimum absolute atomic E-state index is 0.105. The summed E-state index contributed by atoms with van der Waals surface area (Å²) in [5.41, 5.74) is 0.522. The molecular weight excluding hydrogens is 408 g/mol. The van der Waals surface area contributed by atoms with Crippen molar-refractivity contribution < 1.29 is 8.42 Å². The van der Waals surface area contributed by atoms with E-state index in [2.05, 4.69) is 36.6 Å². The summed E-state index contributed by atoms with van der Waals surface area (Å²) in [6, 6.07) is 13.1. The Labute approximate surface area is 133 Å². The van der Waals surface area contributed by atoms with E-state index in [-0.39, 0.29) is 16.1 Å². The Morgan fingerprint density at radius 3 is 2.45 bits per heavy atom. The van der Waals surface area contributed by atoms with Crippen LogP contribution in [0.1, 0.15) is 5.56 Å². The van der Waals surface area contributed by atoms with Crippen LogP contribution in [-0.2, 0) is 10.0 Å². The molecule has 0 aliphatic carbocycles. The third-order valence-corrected chi connectivity index (χ3v) is 5.31. The van der Waals surface area contributed by atoms with E-state index >= 15 is 0 Å². The van der Waals surface area contributed by atoms with Gasteiger partial charge in [-0.3, -0.25) is 4.72 Å². The van der Waals surface area contributed by atoms with Crippen LogP contribution in [0.5, 0.6) is 0 Å². The Kier molecular flexibility index (Phi) is 4.48. The zero-order valence-electron chi connectivity index (χ0n) is 9.97. The summed E-state index contributed by atoms with van der Waals surface area (Å²) in [7, 11) is -3.76. The Morgan fingerprint density at radius 2 is 1.80 bits per heavy atom. The fourth-order valence-corrected chi connectivity index (χ4v) is 4.39. The fraction of sp³-hybridized carbons (Fsp3) is 0. The number of anilines is 1. The molecule has 0 saturated heterocycles. The molecule has 2 aromatic rings. The van der Waals surface area contributed by atoms with Crippen molar-refractivity contribution in [2.45, 2.75) is 4.90 Å². The molecule has 2 rings (SSSR count). The minimum atomic E-state index is -3.76. The van der Waals surface area contributed by atoms with Gasteiger partial charge in [-0.2, -0.15) is 5.26 Å². The van der Waals surface area contributed by atoms with Gasteiger partial charge >= 0.3 is 0 Å². The summed E-state index contributed by atoms with van der Waals surface area (Å²) < 4.78 is 28.3. The highest BCUT2D eigenvalue weighted by molar-refractivity contribution is 9.11. The van der Waals surface area contributed by atoms with Gasteiger partial charge in [0.1, 0.15) is 11.0 Å². The van der Waals surface area contributed by atoms with Crippen LogP contribution in [0.3, 0.4) is 0 Å². The number of rotatable bonds is 3. The molecule has 7 heteroatoms. The number of benzene rings is 2. The minimum Gasteiger partial charge on any atom is -0.278 e. The molecule has 0 spiro atoms. The van der Waals surface area contributed by atoms with Crippen molar-refractivity contribution in [3.05, 3.63) is 57.0 Å². The Hall–Kier alpha value is -1.36. The van der Waals surface area contributed by atoms with Crippen molar-refractivity contribution in [2.75, 3.05) is 4.72 Å². The first-order valence-corrected chi connectivity index (χ1v) is 8.48. The van der Waals surface area contributed by atoms with E-state index in [1.807, 2.05) is 6.07 Å². The van der Waals surface area contributed by atoms with E-state index in [1.165, 1.54) is 6.07 Å². The lowest BCUT2D eigenvalue weighted by Gasteiger charge is -2.10. The number of hydrogen-bond donors (Lipinski definition) is 1. The monoisotopic (exact) mass is 414 g/mol. The van der Waals surface area contributed by atoms with Crippen LogP contribution in [0.25, 0.3) is 0 Å². The van der Waals surface area contributed by atoms with E-state index in [4.69, 9.17) is 5.26 Å². The van der Waals surface area contributed by atoms with Crippen LogP contribution in [0.15, 0.2) is 56.3 Å². The molecule has 0 atom stereocenters. The highest BCUT2D eigenvalue weighted by Crippen LogP contribution is 2.28. The molecule has 4 nitrogen and oxygen atoms in total. The van der Waals surface area contributed by atoms with Gasteiger partial charge in [-0.1, -0.05) is 28.1 Å². The van der Waals surface area contributed by atoms with Gasteiger partial charge in [0.25, 0.3) is 10.0 Å². The summed E-state index contributed by atoms with van der Waals surface area (Å²) >= 11 is 6.48. The van der Waals surface area contributed by atoms with Gasteiger partial charge in [0.15, 0.2) is 0 Å². The summed E-state index contributed by atoms with van der Waals surface area (Å²) in [6.45, 7) is 0. The van der Waals surface area contributed by atoms with Gasteiger partial charge in [0.2, 0.25) is 0 Å². The number of halogens is 2. The van der Waals surface area contributed by atoms with Crippen LogP contribution in [0.4, 0.5) is 5.69 Å². The van der Waals surface area contributed by atoms with E-state index in [0.717, 1.165) is 4.47 Å². The van der Waals surface area contributed by atoms with Gasteiger partial charge in [-0.15, -0.1) is 0 Å². The van der Waals surface area contributed by atoms with Gasteiger partial charge in [0, 0.05) is 8.95 Å². The summed E-state index contributed by atoms with van der Waals surface area (Å²) in [5.74, 6) is 0. The molecule has 0 saturated carbocycles. The van der Waals surface area contributed by atoms with Gasteiger partial charge in [-0.25, -0.2) is 8.42 Å². The topological polar surface area (TPSA) is 70.0 Å². The number of sulfonamides is 1. The van der Waals surface area contributed by atoms with Gasteiger partial charge in [0.05, 0.1) is 11.3 Å². The average Bonchev–Trinajstić information content (AvgIpc) is 2.38. The normalized spacial score (nSPS) is 10.8. The molecule has 102 valence electrons. The average molecular weight is 416 g/mol. The third kappa shape index (κ3) is 3.20. The molecule has 0 amide bonds. The number of hydrogen-bond acceptors (Lipinski definition) is 3. The SMILES string of the molecule is N#Cc1ccccc1NS(=O)(=O)c1ccc(Br)cc1Br. The van der Waals surface area contributed by atoms with E-state index in [0.29, 0.717) is 4.47 Å². The van der Waals surface area contributed by atoms with Crippen LogP contribution in [-0.4, -0.2) is 8.42 Å². The number of nitrogens with one attached hydrogen (secondary N) is 1. The standard InChI is InChI=1S/C13H8Br2N2O2S/c14-10-5-6-13(11(15)7-10)20(18,19)17-12-4-2-1-3-9(12)8-16/h1-7,17H. The maximum absolute atomic E-state index is 12.3. The lowest BCUT2D eigenvalue weighted by molar-refractivity contribution is 0.600. The number of nitrogens with zero attached hydrogens (tertiary/aromatic N) is 1. The lowest BCUT2D eigenvalue weighted by atomic mass is 10.2. The van der Waals surface area contributed by atoms with Crippen molar-refractivity contribution in [3.63, 3.8) is 0 Å². The first-order chi connectivity index (χ1) is 9.44. The highest BCUT2D eigenvalue weighted by Gasteiger charge is 2.19. The first kappa shape index (κ1) is 15.0. The second kappa shape index (κ2) is 5.95. The molecule has 0 aliphatic heterocycles. The molecular formula is C13H8Br2N2O2S. The molecule has 0 unspecified atom stereocenters. The third-order valence-electron chi connectivity index (χ3n) is 2.48. The second-order valence-electron chi connectivity index (χ2n) is 3.84. The Balaban J connectivity index is 2.44.